The standard InChI is InChI=1S/C16H19F3N6OS/c1-2-21-15(24-9-13-25-12(10-27-13)16(17,18)19)23-7-6-22-14(26)11-4-3-5-20-8-11/h3-5,8,10H,2,6-7,9H2,1H3,(H,22,26)(H2,21,23,24). The van der Waals surface area contributed by atoms with E-state index in [0.29, 0.717) is 31.2 Å². The molecule has 0 saturated heterocycles. The van der Waals surface area contributed by atoms with Crippen molar-refractivity contribution in [2.24, 2.45) is 4.99 Å². The molecule has 0 spiro atoms. The summed E-state index contributed by atoms with van der Waals surface area (Å²) in [6.07, 6.45) is -1.40. The Balaban J connectivity index is 1.81. The molecule has 2 aromatic rings. The predicted molar refractivity (Wildman–Crippen MR) is 96.5 cm³/mol. The van der Waals surface area contributed by atoms with Crippen LogP contribution in [-0.2, 0) is 12.7 Å². The number of hydrogen-bond acceptors (Lipinski definition) is 5. The number of aliphatic imine (C=N–C) groups is 1. The van der Waals surface area contributed by atoms with Crippen molar-refractivity contribution in [1.82, 2.24) is 25.9 Å². The van der Waals surface area contributed by atoms with Gasteiger partial charge >= 0.3 is 6.18 Å². The van der Waals surface area contributed by atoms with Crippen LogP contribution in [0.2, 0.25) is 0 Å². The van der Waals surface area contributed by atoms with E-state index in [2.05, 4.69) is 30.9 Å². The molecule has 11 heteroatoms. The number of hydrogen-bond donors (Lipinski definition) is 3. The minimum absolute atomic E-state index is 0.0259. The lowest BCUT2D eigenvalue weighted by Crippen LogP contribution is -2.41. The zero-order valence-electron chi connectivity index (χ0n) is 14.5. The lowest BCUT2D eigenvalue weighted by atomic mass is 10.3. The third kappa shape index (κ3) is 6.85. The first kappa shape index (κ1) is 20.6. The molecule has 0 atom stereocenters. The number of amides is 1. The van der Waals surface area contributed by atoms with Crippen LogP contribution in [0.5, 0.6) is 0 Å². The van der Waals surface area contributed by atoms with Crippen LogP contribution in [0.1, 0.15) is 28.0 Å². The largest absolute Gasteiger partial charge is 0.434 e. The lowest BCUT2D eigenvalue weighted by molar-refractivity contribution is -0.140. The smallest absolute Gasteiger partial charge is 0.357 e. The lowest BCUT2D eigenvalue weighted by Gasteiger charge is -2.11. The molecule has 2 rings (SSSR count). The van der Waals surface area contributed by atoms with Gasteiger partial charge in [0.25, 0.3) is 5.91 Å². The Kier molecular flexibility index (Phi) is 7.53. The zero-order chi connectivity index (χ0) is 19.7. The summed E-state index contributed by atoms with van der Waals surface area (Å²) in [4.78, 5) is 23.5. The number of pyridine rings is 1. The van der Waals surface area contributed by atoms with Gasteiger partial charge in [-0.2, -0.15) is 13.2 Å². The van der Waals surface area contributed by atoms with E-state index in [-0.39, 0.29) is 17.5 Å². The Morgan fingerprint density at radius 3 is 2.67 bits per heavy atom. The molecule has 0 unspecified atom stereocenters. The number of thiazole rings is 1. The van der Waals surface area contributed by atoms with Crippen molar-refractivity contribution in [3.8, 4) is 0 Å². The van der Waals surface area contributed by atoms with Crippen LogP contribution in [0.25, 0.3) is 0 Å². The number of halogens is 3. The fourth-order valence-electron chi connectivity index (χ4n) is 1.96. The van der Waals surface area contributed by atoms with Crippen molar-refractivity contribution in [3.05, 3.63) is 46.2 Å². The SMILES string of the molecule is CCNC(=NCc1nc(C(F)(F)F)cs1)NCCNC(=O)c1cccnc1. The van der Waals surface area contributed by atoms with Crippen LogP contribution in [0.4, 0.5) is 13.2 Å². The average Bonchev–Trinajstić information content (AvgIpc) is 3.13. The minimum atomic E-state index is -4.45. The number of aromatic nitrogens is 2. The Morgan fingerprint density at radius 1 is 1.26 bits per heavy atom. The van der Waals surface area contributed by atoms with Crippen LogP contribution in [-0.4, -0.2) is 41.5 Å². The first-order valence-electron chi connectivity index (χ1n) is 8.12. The highest BCUT2D eigenvalue weighted by atomic mass is 32.1. The molecule has 0 aromatic carbocycles. The van der Waals surface area contributed by atoms with E-state index in [1.54, 1.807) is 18.3 Å². The van der Waals surface area contributed by atoms with E-state index in [0.717, 1.165) is 16.7 Å². The van der Waals surface area contributed by atoms with Crippen LogP contribution < -0.4 is 16.0 Å². The molecule has 1 amide bonds. The fourth-order valence-corrected chi connectivity index (χ4v) is 2.68. The van der Waals surface area contributed by atoms with E-state index >= 15 is 0 Å². The number of rotatable bonds is 7. The molecule has 0 aliphatic heterocycles. The number of nitrogens with one attached hydrogen (secondary N) is 3. The van der Waals surface area contributed by atoms with Gasteiger partial charge in [0.2, 0.25) is 0 Å². The summed E-state index contributed by atoms with van der Waals surface area (Å²) < 4.78 is 37.7. The first-order valence-corrected chi connectivity index (χ1v) is 9.00. The van der Waals surface area contributed by atoms with Gasteiger partial charge in [-0.3, -0.25) is 9.78 Å². The first-order chi connectivity index (χ1) is 12.9. The molecular weight excluding hydrogens is 381 g/mol. The third-order valence-corrected chi connectivity index (χ3v) is 4.02. The van der Waals surface area contributed by atoms with E-state index in [9.17, 15) is 18.0 Å². The number of carbonyl (C=O) groups excluding carboxylic acids is 1. The van der Waals surface area contributed by atoms with Gasteiger partial charge in [-0.05, 0) is 19.1 Å². The number of guanidine groups is 1. The van der Waals surface area contributed by atoms with Crippen LogP contribution in [0, 0.1) is 0 Å². The van der Waals surface area contributed by atoms with Gasteiger partial charge in [0.1, 0.15) is 5.01 Å². The highest BCUT2D eigenvalue weighted by Crippen LogP contribution is 2.30. The molecule has 0 fully saturated rings. The van der Waals surface area contributed by atoms with E-state index in [1.807, 2.05) is 6.92 Å². The Labute approximate surface area is 158 Å². The fraction of sp³-hybridized carbons (Fsp3) is 0.375. The molecule has 0 radical (unpaired) electrons. The van der Waals surface area contributed by atoms with E-state index < -0.39 is 11.9 Å². The molecule has 7 nitrogen and oxygen atoms in total. The number of carbonyl (C=O) groups is 1. The molecule has 2 aromatic heterocycles. The second-order valence-electron chi connectivity index (χ2n) is 5.24. The number of alkyl halides is 3. The molecule has 146 valence electrons. The van der Waals surface area contributed by atoms with Crippen molar-refractivity contribution in [2.75, 3.05) is 19.6 Å². The Bertz CT molecular complexity index is 763. The van der Waals surface area contributed by atoms with Gasteiger partial charge in [0.15, 0.2) is 11.7 Å². The predicted octanol–water partition coefficient (Wildman–Crippen LogP) is 2.04. The second-order valence-corrected chi connectivity index (χ2v) is 6.19. The van der Waals surface area contributed by atoms with E-state index in [1.165, 1.54) is 6.20 Å². The topological polar surface area (TPSA) is 91.3 Å². The molecule has 0 aliphatic carbocycles. The van der Waals surface area contributed by atoms with Gasteiger partial charge in [-0.1, -0.05) is 0 Å². The van der Waals surface area contributed by atoms with Crippen molar-refractivity contribution in [1.29, 1.82) is 0 Å². The summed E-state index contributed by atoms with van der Waals surface area (Å²) in [5, 5.41) is 9.95. The minimum Gasteiger partial charge on any atom is -0.357 e. The van der Waals surface area contributed by atoms with Gasteiger partial charge in [0.05, 0.1) is 12.1 Å². The van der Waals surface area contributed by atoms with Gasteiger partial charge in [-0.25, -0.2) is 9.98 Å². The van der Waals surface area contributed by atoms with Crippen molar-refractivity contribution in [3.63, 3.8) is 0 Å². The van der Waals surface area contributed by atoms with Gasteiger partial charge in [-0.15, -0.1) is 11.3 Å². The summed E-state index contributed by atoms with van der Waals surface area (Å²) in [5.74, 6) is 0.186. The van der Waals surface area contributed by atoms with Gasteiger partial charge < -0.3 is 16.0 Å². The molecule has 3 N–H and O–H groups in total. The molecule has 27 heavy (non-hydrogen) atoms. The van der Waals surface area contributed by atoms with Crippen LogP contribution in [0.3, 0.4) is 0 Å². The summed E-state index contributed by atoms with van der Waals surface area (Å²) in [7, 11) is 0. The third-order valence-electron chi connectivity index (χ3n) is 3.19. The summed E-state index contributed by atoms with van der Waals surface area (Å²) in [6.45, 7) is 3.21. The van der Waals surface area contributed by atoms with Crippen molar-refractivity contribution < 1.29 is 18.0 Å². The Hall–Kier alpha value is -2.69. The molecule has 0 saturated carbocycles. The van der Waals surface area contributed by atoms with Crippen molar-refractivity contribution >= 4 is 23.2 Å². The summed E-state index contributed by atoms with van der Waals surface area (Å²) in [6, 6.07) is 3.33. The second kappa shape index (κ2) is 9.86. The molecule has 0 bridgehead atoms. The molecule has 2 heterocycles. The number of nitrogens with zero attached hydrogens (tertiary/aromatic N) is 3. The molecule has 0 aliphatic rings. The average molecular weight is 400 g/mol. The highest BCUT2D eigenvalue weighted by Gasteiger charge is 2.33. The maximum absolute atomic E-state index is 12.6. The zero-order valence-corrected chi connectivity index (χ0v) is 15.3. The summed E-state index contributed by atoms with van der Waals surface area (Å²) >= 11 is 0.910. The maximum atomic E-state index is 12.6. The van der Waals surface area contributed by atoms with Gasteiger partial charge in [0, 0.05) is 37.4 Å². The Morgan fingerprint density at radius 2 is 2.04 bits per heavy atom. The van der Waals surface area contributed by atoms with Crippen LogP contribution in [0.15, 0.2) is 34.9 Å². The van der Waals surface area contributed by atoms with E-state index in [4.69, 9.17) is 0 Å². The highest BCUT2D eigenvalue weighted by molar-refractivity contribution is 7.09. The summed E-state index contributed by atoms with van der Waals surface area (Å²) in [5.41, 5.74) is -0.448. The maximum Gasteiger partial charge on any atom is 0.434 e. The monoisotopic (exact) mass is 400 g/mol. The normalized spacial score (nSPS) is 11.9. The quantitative estimate of drug-likeness (QED) is 0.376. The van der Waals surface area contributed by atoms with Crippen molar-refractivity contribution in [2.45, 2.75) is 19.6 Å². The van der Waals surface area contributed by atoms with Crippen LogP contribution >= 0.6 is 11.3 Å². The molecular formula is C16H19F3N6OS.